The molecule has 2 aliphatic carbocycles. The highest BCUT2D eigenvalue weighted by Crippen LogP contribution is 2.50. The molecule has 2 aliphatic rings. The smallest absolute Gasteiger partial charge is 0.416 e. The lowest BCUT2D eigenvalue weighted by molar-refractivity contribution is -0.137. The number of halogens is 3. The summed E-state index contributed by atoms with van der Waals surface area (Å²) in [6.07, 6.45) is -1.60. The Balaban J connectivity index is 1.42. The third-order valence-corrected chi connectivity index (χ3v) is 5.56. The molecule has 2 fully saturated rings. The quantitative estimate of drug-likeness (QED) is 0.695. The van der Waals surface area contributed by atoms with Crippen molar-refractivity contribution in [2.24, 2.45) is 5.92 Å². The van der Waals surface area contributed by atoms with Crippen LogP contribution in [-0.2, 0) is 17.5 Å². The number of ether oxygens (including phenoxy) is 1. The van der Waals surface area contributed by atoms with Crippen molar-refractivity contribution in [2.75, 3.05) is 7.11 Å². The largest absolute Gasteiger partial charge is 0.497 e. The van der Waals surface area contributed by atoms with Crippen LogP contribution in [0.4, 0.5) is 13.2 Å². The van der Waals surface area contributed by atoms with E-state index in [4.69, 9.17) is 4.74 Å². The fourth-order valence-corrected chi connectivity index (χ4v) is 3.67. The molecule has 148 valence electrons. The molecule has 2 unspecified atom stereocenters. The van der Waals surface area contributed by atoms with Gasteiger partial charge < -0.3 is 9.64 Å². The Kier molecular flexibility index (Phi) is 4.81. The van der Waals surface area contributed by atoms with Gasteiger partial charge in [-0.15, -0.1) is 0 Å². The average molecular weight is 389 g/mol. The van der Waals surface area contributed by atoms with Gasteiger partial charge in [-0.05, 0) is 60.6 Å². The highest BCUT2D eigenvalue weighted by atomic mass is 19.4. The van der Waals surface area contributed by atoms with Crippen molar-refractivity contribution in [3.8, 4) is 5.75 Å². The molecule has 1 amide bonds. The molecule has 0 aliphatic heterocycles. The molecule has 6 heteroatoms. The van der Waals surface area contributed by atoms with Crippen LogP contribution in [0.5, 0.6) is 5.75 Å². The maximum Gasteiger partial charge on any atom is 0.416 e. The first-order valence-corrected chi connectivity index (χ1v) is 9.47. The van der Waals surface area contributed by atoms with E-state index in [0.29, 0.717) is 13.0 Å². The van der Waals surface area contributed by atoms with E-state index in [-0.39, 0.29) is 23.8 Å². The molecule has 4 rings (SSSR count). The first-order chi connectivity index (χ1) is 13.4. The van der Waals surface area contributed by atoms with Gasteiger partial charge in [0, 0.05) is 18.5 Å². The van der Waals surface area contributed by atoms with Crippen LogP contribution >= 0.6 is 0 Å². The Hall–Kier alpha value is -2.50. The van der Waals surface area contributed by atoms with Gasteiger partial charge in [-0.2, -0.15) is 13.2 Å². The second kappa shape index (κ2) is 7.15. The highest BCUT2D eigenvalue weighted by molar-refractivity contribution is 5.83. The first-order valence-electron chi connectivity index (χ1n) is 9.47. The molecule has 0 saturated heterocycles. The molecular weight excluding hydrogens is 367 g/mol. The minimum Gasteiger partial charge on any atom is -0.497 e. The van der Waals surface area contributed by atoms with Crippen molar-refractivity contribution in [3.05, 3.63) is 65.2 Å². The standard InChI is InChI=1S/C22H22F3NO2/c1-28-18-10-2-14(3-11-18)13-26(17-8-9-17)21(27)20-12-19(20)15-4-6-16(7-5-15)22(23,24)25/h2-7,10-11,17,19-20H,8-9,12-13H2,1H3. The average Bonchev–Trinajstić information content (AvgIpc) is 3.59. The molecule has 0 spiro atoms. The molecule has 0 heterocycles. The molecule has 28 heavy (non-hydrogen) atoms. The monoisotopic (exact) mass is 389 g/mol. The van der Waals surface area contributed by atoms with Crippen LogP contribution in [0.3, 0.4) is 0 Å². The molecule has 2 saturated carbocycles. The lowest BCUT2D eigenvalue weighted by atomic mass is 10.1. The summed E-state index contributed by atoms with van der Waals surface area (Å²) in [6.45, 7) is 0.559. The van der Waals surface area contributed by atoms with E-state index in [1.165, 1.54) is 12.1 Å². The van der Waals surface area contributed by atoms with Crippen LogP contribution in [0.25, 0.3) is 0 Å². The predicted molar refractivity (Wildman–Crippen MR) is 98.9 cm³/mol. The number of hydrogen-bond acceptors (Lipinski definition) is 2. The molecule has 0 radical (unpaired) electrons. The van der Waals surface area contributed by atoms with Crippen molar-refractivity contribution in [2.45, 2.75) is 43.9 Å². The normalized spacial score (nSPS) is 21.3. The number of rotatable bonds is 6. The van der Waals surface area contributed by atoms with Gasteiger partial charge in [-0.1, -0.05) is 24.3 Å². The van der Waals surface area contributed by atoms with Crippen molar-refractivity contribution >= 4 is 5.91 Å². The fourth-order valence-electron chi connectivity index (χ4n) is 3.67. The lowest BCUT2D eigenvalue weighted by Gasteiger charge is -2.23. The van der Waals surface area contributed by atoms with Crippen molar-refractivity contribution < 1.29 is 22.7 Å². The van der Waals surface area contributed by atoms with Gasteiger partial charge in [0.25, 0.3) is 0 Å². The number of amides is 1. The zero-order chi connectivity index (χ0) is 19.9. The van der Waals surface area contributed by atoms with Gasteiger partial charge in [0.2, 0.25) is 5.91 Å². The van der Waals surface area contributed by atoms with Gasteiger partial charge in [-0.3, -0.25) is 4.79 Å². The summed E-state index contributed by atoms with van der Waals surface area (Å²) < 4.78 is 43.4. The maximum absolute atomic E-state index is 13.0. The summed E-state index contributed by atoms with van der Waals surface area (Å²) in [5.41, 5.74) is 1.21. The van der Waals surface area contributed by atoms with Crippen molar-refractivity contribution in [3.63, 3.8) is 0 Å². The predicted octanol–water partition coefficient (Wildman–Crippen LogP) is 5.01. The van der Waals surface area contributed by atoms with Crippen LogP contribution in [0.15, 0.2) is 48.5 Å². The summed E-state index contributed by atoms with van der Waals surface area (Å²) in [4.78, 5) is 15.0. The fraction of sp³-hybridized carbons (Fsp3) is 0.409. The molecular formula is C22H22F3NO2. The number of methoxy groups -OCH3 is 1. The van der Waals surface area contributed by atoms with Gasteiger partial charge >= 0.3 is 6.18 Å². The van der Waals surface area contributed by atoms with Crippen LogP contribution in [-0.4, -0.2) is 24.0 Å². The Labute approximate surface area is 162 Å². The van der Waals surface area contributed by atoms with E-state index < -0.39 is 11.7 Å². The van der Waals surface area contributed by atoms with Gasteiger partial charge in [0.05, 0.1) is 12.7 Å². The Morgan fingerprint density at radius 1 is 1.07 bits per heavy atom. The molecule has 2 aromatic carbocycles. The van der Waals surface area contributed by atoms with Crippen molar-refractivity contribution in [1.82, 2.24) is 4.90 Å². The van der Waals surface area contributed by atoms with E-state index in [1.807, 2.05) is 29.2 Å². The zero-order valence-corrected chi connectivity index (χ0v) is 15.6. The number of alkyl halides is 3. The van der Waals surface area contributed by atoms with Crippen LogP contribution in [0.1, 0.15) is 41.9 Å². The molecule has 0 N–H and O–H groups in total. The van der Waals surface area contributed by atoms with E-state index in [9.17, 15) is 18.0 Å². The Morgan fingerprint density at radius 2 is 1.71 bits per heavy atom. The van der Waals surface area contributed by atoms with E-state index in [0.717, 1.165) is 41.9 Å². The Morgan fingerprint density at radius 3 is 2.25 bits per heavy atom. The van der Waals surface area contributed by atoms with E-state index >= 15 is 0 Å². The van der Waals surface area contributed by atoms with Crippen LogP contribution in [0, 0.1) is 5.92 Å². The second-order valence-electron chi connectivity index (χ2n) is 7.61. The van der Waals surface area contributed by atoms with Gasteiger partial charge in [0.15, 0.2) is 0 Å². The number of carbonyl (C=O) groups is 1. The highest BCUT2D eigenvalue weighted by Gasteiger charge is 2.48. The number of benzene rings is 2. The molecule has 2 aromatic rings. The first kappa shape index (κ1) is 18.8. The van der Waals surface area contributed by atoms with E-state index in [2.05, 4.69) is 0 Å². The zero-order valence-electron chi connectivity index (χ0n) is 15.6. The SMILES string of the molecule is COc1ccc(CN(C(=O)C2CC2c2ccc(C(F)(F)F)cc2)C2CC2)cc1. The number of nitrogens with zero attached hydrogens (tertiary/aromatic N) is 1. The molecule has 2 atom stereocenters. The minimum absolute atomic E-state index is 0.0203. The number of hydrogen-bond donors (Lipinski definition) is 0. The van der Waals surface area contributed by atoms with Gasteiger partial charge in [0.1, 0.15) is 5.75 Å². The summed E-state index contributed by atoms with van der Waals surface area (Å²) in [5, 5.41) is 0. The molecule has 3 nitrogen and oxygen atoms in total. The minimum atomic E-state index is -4.33. The Bertz CT molecular complexity index is 842. The lowest BCUT2D eigenvalue weighted by Crippen LogP contribution is -2.34. The van der Waals surface area contributed by atoms with Gasteiger partial charge in [-0.25, -0.2) is 0 Å². The second-order valence-corrected chi connectivity index (χ2v) is 7.61. The summed E-state index contributed by atoms with van der Waals surface area (Å²) in [6, 6.07) is 13.2. The van der Waals surface area contributed by atoms with Crippen molar-refractivity contribution in [1.29, 1.82) is 0 Å². The van der Waals surface area contributed by atoms with Crippen LogP contribution in [0.2, 0.25) is 0 Å². The third kappa shape index (κ3) is 4.01. The molecule has 0 aromatic heterocycles. The van der Waals surface area contributed by atoms with E-state index in [1.54, 1.807) is 7.11 Å². The molecule has 0 bridgehead atoms. The summed E-state index contributed by atoms with van der Waals surface area (Å²) >= 11 is 0. The number of carbonyl (C=O) groups excluding carboxylic acids is 1. The third-order valence-electron chi connectivity index (χ3n) is 5.56. The summed E-state index contributed by atoms with van der Waals surface area (Å²) in [7, 11) is 1.61. The maximum atomic E-state index is 13.0. The topological polar surface area (TPSA) is 29.5 Å². The summed E-state index contributed by atoms with van der Waals surface area (Å²) in [5.74, 6) is 0.781. The van der Waals surface area contributed by atoms with Crippen LogP contribution < -0.4 is 4.74 Å².